The SMILES string of the molecule is c1cnc2c(c1)[se]c1cccc3sc4cccc2c4c31. The molecule has 3 heterocycles. The summed E-state index contributed by atoms with van der Waals surface area (Å²) >= 11 is 2.23. The van der Waals surface area contributed by atoms with E-state index in [-0.39, 0.29) is 0 Å². The minimum atomic E-state index is 0.329. The van der Waals surface area contributed by atoms with Gasteiger partial charge >= 0.3 is 125 Å². The summed E-state index contributed by atoms with van der Waals surface area (Å²) < 4.78 is 5.65. The maximum atomic E-state index is 4.67. The molecule has 94 valence electrons. The number of pyridine rings is 1. The standard InChI is InChI=1S/C17H9NSSe/c1-4-10-15-11(5-1)19-12-6-2-7-13(16(12)15)20-14-8-3-9-18-17(10)14/h1-9H. The third-order valence-electron chi connectivity index (χ3n) is 3.73. The van der Waals surface area contributed by atoms with Crippen molar-refractivity contribution < 1.29 is 0 Å². The van der Waals surface area contributed by atoms with Crippen LogP contribution in [0.25, 0.3) is 39.6 Å². The Morgan fingerprint density at radius 2 is 1.60 bits per heavy atom. The van der Waals surface area contributed by atoms with Crippen molar-refractivity contribution in [3.63, 3.8) is 0 Å². The van der Waals surface area contributed by atoms with Crippen LogP contribution in [0.15, 0.2) is 54.7 Å². The van der Waals surface area contributed by atoms with Crippen LogP contribution < -0.4 is 0 Å². The van der Waals surface area contributed by atoms with E-state index < -0.39 is 0 Å². The van der Waals surface area contributed by atoms with Crippen molar-refractivity contribution in [3.05, 3.63) is 54.7 Å². The fourth-order valence-electron chi connectivity index (χ4n) is 2.91. The molecule has 5 aromatic rings. The van der Waals surface area contributed by atoms with Gasteiger partial charge in [0, 0.05) is 0 Å². The van der Waals surface area contributed by atoms with Gasteiger partial charge < -0.3 is 0 Å². The number of benzene rings is 2. The Bertz CT molecular complexity index is 1100. The summed E-state index contributed by atoms with van der Waals surface area (Å²) in [4.78, 5) is 4.67. The average molecular weight is 338 g/mol. The van der Waals surface area contributed by atoms with Gasteiger partial charge in [-0.2, -0.15) is 0 Å². The maximum absolute atomic E-state index is 4.67. The Kier molecular flexibility index (Phi) is 2.16. The predicted octanol–water partition coefficient (Wildman–Crippen LogP) is 4.81. The number of aromatic nitrogens is 1. The van der Waals surface area contributed by atoms with E-state index >= 15 is 0 Å². The van der Waals surface area contributed by atoms with E-state index in [1.807, 2.05) is 17.5 Å². The van der Waals surface area contributed by atoms with Crippen LogP contribution in [-0.2, 0) is 0 Å². The van der Waals surface area contributed by atoms with Crippen molar-refractivity contribution in [2.75, 3.05) is 0 Å². The number of nitrogens with zero attached hydrogens (tertiary/aromatic N) is 1. The normalized spacial score (nSPS) is 12.0. The van der Waals surface area contributed by atoms with Crippen LogP contribution in [0.2, 0.25) is 0 Å². The third-order valence-corrected chi connectivity index (χ3v) is 7.18. The van der Waals surface area contributed by atoms with Gasteiger partial charge in [-0.25, -0.2) is 0 Å². The monoisotopic (exact) mass is 339 g/mol. The van der Waals surface area contributed by atoms with Gasteiger partial charge in [0.25, 0.3) is 0 Å². The molecule has 0 aliphatic heterocycles. The van der Waals surface area contributed by atoms with E-state index in [1.54, 1.807) is 0 Å². The molecule has 0 saturated carbocycles. The summed E-state index contributed by atoms with van der Waals surface area (Å²) in [5.41, 5.74) is 1.18. The number of hydrogen-bond acceptors (Lipinski definition) is 2. The van der Waals surface area contributed by atoms with Crippen LogP contribution in [0.1, 0.15) is 0 Å². The number of thiophene rings is 1. The van der Waals surface area contributed by atoms with Gasteiger partial charge in [0.15, 0.2) is 0 Å². The second-order valence-corrected chi connectivity index (χ2v) is 8.22. The molecule has 2 aromatic carbocycles. The second kappa shape index (κ2) is 3.92. The molecule has 0 fully saturated rings. The summed E-state index contributed by atoms with van der Waals surface area (Å²) in [6, 6.07) is 17.6. The zero-order valence-corrected chi connectivity index (χ0v) is 13.0. The molecule has 3 heteroatoms. The van der Waals surface area contributed by atoms with Crippen LogP contribution in [0.4, 0.5) is 0 Å². The minimum absolute atomic E-state index is 0.329. The van der Waals surface area contributed by atoms with E-state index in [0.717, 1.165) is 0 Å². The van der Waals surface area contributed by atoms with E-state index in [1.165, 1.54) is 39.6 Å². The topological polar surface area (TPSA) is 12.9 Å². The Labute approximate surface area is 125 Å². The van der Waals surface area contributed by atoms with E-state index in [4.69, 9.17) is 0 Å². The fourth-order valence-corrected chi connectivity index (χ4v) is 6.53. The van der Waals surface area contributed by atoms with Crippen LogP contribution in [0.3, 0.4) is 0 Å². The predicted molar refractivity (Wildman–Crippen MR) is 89.1 cm³/mol. The molecule has 0 atom stereocenters. The Hall–Kier alpha value is -1.67. The van der Waals surface area contributed by atoms with E-state index in [9.17, 15) is 0 Å². The molecule has 0 aliphatic carbocycles. The molecule has 0 N–H and O–H groups in total. The number of rotatable bonds is 0. The molecule has 3 aromatic heterocycles. The van der Waals surface area contributed by atoms with Crippen LogP contribution >= 0.6 is 11.3 Å². The Morgan fingerprint density at radius 3 is 2.55 bits per heavy atom. The van der Waals surface area contributed by atoms with Gasteiger partial charge in [0.2, 0.25) is 0 Å². The molecular formula is C17H9NSSe. The number of fused-ring (bicyclic) bond motifs is 2. The summed E-state index contributed by atoms with van der Waals surface area (Å²) in [5, 5.41) is 4.17. The average Bonchev–Trinajstić information content (AvgIpc) is 2.79. The first-order chi connectivity index (χ1) is 9.92. The molecule has 0 amide bonds. The molecule has 0 aliphatic rings. The summed E-state index contributed by atoms with van der Waals surface area (Å²) in [5.74, 6) is 0. The summed E-state index contributed by atoms with van der Waals surface area (Å²) in [7, 11) is 0. The third kappa shape index (κ3) is 1.35. The summed E-state index contributed by atoms with van der Waals surface area (Å²) in [6.45, 7) is 0. The molecular weight excluding hydrogens is 329 g/mol. The first-order valence-electron chi connectivity index (χ1n) is 6.49. The number of hydrogen-bond donors (Lipinski definition) is 0. The van der Waals surface area contributed by atoms with Gasteiger partial charge in [0.05, 0.1) is 0 Å². The van der Waals surface area contributed by atoms with Crippen molar-refractivity contribution in [2.24, 2.45) is 0 Å². The van der Waals surface area contributed by atoms with Crippen LogP contribution in [0.5, 0.6) is 0 Å². The first-order valence-corrected chi connectivity index (χ1v) is 9.02. The van der Waals surface area contributed by atoms with E-state index in [0.29, 0.717) is 14.5 Å². The van der Waals surface area contributed by atoms with Crippen molar-refractivity contribution in [1.29, 1.82) is 0 Å². The fraction of sp³-hybridized carbons (Fsp3) is 0. The first kappa shape index (κ1) is 11.0. The molecule has 20 heavy (non-hydrogen) atoms. The molecule has 1 nitrogen and oxygen atoms in total. The molecule has 0 unspecified atom stereocenters. The quantitative estimate of drug-likeness (QED) is 0.369. The van der Waals surface area contributed by atoms with Crippen molar-refractivity contribution in [3.8, 4) is 0 Å². The Morgan fingerprint density at radius 1 is 0.800 bits per heavy atom. The molecule has 0 saturated heterocycles. The van der Waals surface area contributed by atoms with E-state index in [2.05, 4.69) is 53.5 Å². The zero-order chi connectivity index (χ0) is 13.1. The second-order valence-electron chi connectivity index (χ2n) is 4.86. The van der Waals surface area contributed by atoms with Gasteiger partial charge in [0.1, 0.15) is 0 Å². The molecule has 5 rings (SSSR count). The molecule has 0 radical (unpaired) electrons. The van der Waals surface area contributed by atoms with Gasteiger partial charge in [-0.15, -0.1) is 0 Å². The van der Waals surface area contributed by atoms with Crippen LogP contribution in [0, 0.1) is 0 Å². The van der Waals surface area contributed by atoms with Gasteiger partial charge in [-0.05, 0) is 0 Å². The van der Waals surface area contributed by atoms with Gasteiger partial charge in [-0.1, -0.05) is 0 Å². The van der Waals surface area contributed by atoms with Crippen LogP contribution in [-0.4, -0.2) is 19.5 Å². The van der Waals surface area contributed by atoms with Crippen molar-refractivity contribution in [1.82, 2.24) is 4.98 Å². The van der Waals surface area contributed by atoms with Crippen molar-refractivity contribution >= 4 is 65.4 Å². The van der Waals surface area contributed by atoms with Crippen molar-refractivity contribution in [2.45, 2.75) is 0 Å². The molecule has 0 bridgehead atoms. The Balaban J connectivity index is 2.32. The van der Waals surface area contributed by atoms with Gasteiger partial charge in [-0.3, -0.25) is 0 Å². The molecule has 0 spiro atoms. The zero-order valence-electron chi connectivity index (χ0n) is 10.5. The summed E-state index contributed by atoms with van der Waals surface area (Å²) in [6.07, 6.45) is 1.91.